The SMILES string of the molecule is CS(=O)(=O)OCCC1(c2ccc(Cl)c(Cl)c2)CCC(=O)N(Cc2ccccc2)C1. The number of carbonyl (C=O) groups excluding carboxylic acids is 1. The van der Waals surface area contributed by atoms with Crippen LogP contribution in [0.1, 0.15) is 30.4 Å². The van der Waals surface area contributed by atoms with Crippen LogP contribution >= 0.6 is 23.2 Å². The first-order chi connectivity index (χ1) is 13.7. The van der Waals surface area contributed by atoms with Crippen molar-refractivity contribution in [2.45, 2.75) is 31.2 Å². The van der Waals surface area contributed by atoms with Crippen LogP contribution in [0.4, 0.5) is 0 Å². The summed E-state index contributed by atoms with van der Waals surface area (Å²) in [5.41, 5.74) is 1.49. The van der Waals surface area contributed by atoms with Gasteiger partial charge in [0.2, 0.25) is 5.91 Å². The van der Waals surface area contributed by atoms with E-state index < -0.39 is 15.5 Å². The Bertz CT molecular complexity index is 981. The molecule has 0 saturated carbocycles. The topological polar surface area (TPSA) is 63.7 Å². The number of hydrogen-bond donors (Lipinski definition) is 0. The average Bonchev–Trinajstić information content (AvgIpc) is 2.66. The lowest BCUT2D eigenvalue weighted by molar-refractivity contribution is -0.136. The molecule has 0 radical (unpaired) electrons. The maximum absolute atomic E-state index is 12.6. The third kappa shape index (κ3) is 5.72. The van der Waals surface area contributed by atoms with Gasteiger partial charge in [-0.2, -0.15) is 8.42 Å². The highest BCUT2D eigenvalue weighted by Crippen LogP contribution is 2.40. The number of carbonyl (C=O) groups is 1. The van der Waals surface area contributed by atoms with Crippen molar-refractivity contribution < 1.29 is 17.4 Å². The Morgan fingerprint density at radius 3 is 2.48 bits per heavy atom. The van der Waals surface area contributed by atoms with Crippen molar-refractivity contribution in [3.05, 3.63) is 69.7 Å². The minimum absolute atomic E-state index is 0.0342. The van der Waals surface area contributed by atoms with Gasteiger partial charge < -0.3 is 4.90 Å². The summed E-state index contributed by atoms with van der Waals surface area (Å²) in [4.78, 5) is 14.4. The molecule has 1 aliphatic rings. The van der Waals surface area contributed by atoms with Crippen LogP contribution in [0, 0.1) is 0 Å². The summed E-state index contributed by atoms with van der Waals surface area (Å²) in [6.07, 6.45) is 2.43. The molecule has 0 aliphatic carbocycles. The second kappa shape index (κ2) is 9.04. The molecule has 1 fully saturated rings. The Kier molecular flexibility index (Phi) is 6.89. The highest BCUT2D eigenvalue weighted by molar-refractivity contribution is 7.85. The van der Waals surface area contributed by atoms with Gasteiger partial charge in [0.1, 0.15) is 0 Å². The van der Waals surface area contributed by atoms with Crippen molar-refractivity contribution in [3.63, 3.8) is 0 Å². The van der Waals surface area contributed by atoms with Gasteiger partial charge in [-0.3, -0.25) is 8.98 Å². The van der Waals surface area contributed by atoms with E-state index in [9.17, 15) is 13.2 Å². The summed E-state index contributed by atoms with van der Waals surface area (Å²) < 4.78 is 27.9. The smallest absolute Gasteiger partial charge is 0.264 e. The molecule has 156 valence electrons. The van der Waals surface area contributed by atoms with Crippen LogP contribution in [0.2, 0.25) is 10.0 Å². The molecule has 2 aromatic carbocycles. The molecule has 3 rings (SSSR count). The van der Waals surface area contributed by atoms with Crippen molar-refractivity contribution in [3.8, 4) is 0 Å². The molecule has 5 nitrogen and oxygen atoms in total. The van der Waals surface area contributed by atoms with Gasteiger partial charge >= 0.3 is 0 Å². The fraction of sp³-hybridized carbons (Fsp3) is 0.381. The Hall–Kier alpha value is -1.60. The predicted octanol–water partition coefficient (Wildman–Crippen LogP) is 4.42. The van der Waals surface area contributed by atoms with Crippen LogP contribution in [0.3, 0.4) is 0 Å². The standard InChI is InChI=1S/C21H23Cl2NO4S/c1-29(26,27)28-12-11-21(17-7-8-18(22)19(23)13-17)10-9-20(25)24(15-21)14-16-5-3-2-4-6-16/h2-8,13H,9-12,14-15H2,1H3. The molecule has 1 unspecified atom stereocenters. The van der Waals surface area contributed by atoms with Crippen molar-refractivity contribution >= 4 is 39.2 Å². The number of amides is 1. The summed E-state index contributed by atoms with van der Waals surface area (Å²) >= 11 is 12.3. The van der Waals surface area contributed by atoms with Gasteiger partial charge in [-0.25, -0.2) is 0 Å². The van der Waals surface area contributed by atoms with Crippen molar-refractivity contribution in [1.82, 2.24) is 4.90 Å². The third-order valence-electron chi connectivity index (χ3n) is 5.29. The minimum Gasteiger partial charge on any atom is -0.337 e. The van der Waals surface area contributed by atoms with Crippen LogP contribution in [0.15, 0.2) is 48.5 Å². The molecule has 2 aromatic rings. The molecule has 0 aromatic heterocycles. The van der Waals surface area contributed by atoms with Gasteiger partial charge in [-0.15, -0.1) is 0 Å². The first-order valence-corrected chi connectivity index (χ1v) is 11.9. The van der Waals surface area contributed by atoms with Crippen LogP contribution in [0.25, 0.3) is 0 Å². The average molecular weight is 456 g/mol. The lowest BCUT2D eigenvalue weighted by atomic mass is 9.71. The lowest BCUT2D eigenvalue weighted by Crippen LogP contribution is -2.49. The quantitative estimate of drug-likeness (QED) is 0.579. The van der Waals surface area contributed by atoms with E-state index in [0.29, 0.717) is 42.4 Å². The Labute approximate surface area is 181 Å². The largest absolute Gasteiger partial charge is 0.337 e. The number of piperidine rings is 1. The highest BCUT2D eigenvalue weighted by Gasteiger charge is 2.40. The second-order valence-electron chi connectivity index (χ2n) is 7.42. The van der Waals surface area contributed by atoms with Crippen molar-refractivity contribution in [2.75, 3.05) is 19.4 Å². The number of hydrogen-bond acceptors (Lipinski definition) is 4. The van der Waals surface area contributed by atoms with Crippen molar-refractivity contribution in [1.29, 1.82) is 0 Å². The van der Waals surface area contributed by atoms with E-state index in [1.165, 1.54) is 0 Å². The number of nitrogens with zero attached hydrogens (tertiary/aromatic N) is 1. The summed E-state index contributed by atoms with van der Waals surface area (Å²) in [7, 11) is -3.55. The van der Waals surface area contributed by atoms with Crippen LogP contribution in [0.5, 0.6) is 0 Å². The Balaban J connectivity index is 1.90. The van der Waals surface area contributed by atoms with Gasteiger partial charge in [0.15, 0.2) is 0 Å². The number of rotatable bonds is 7. The second-order valence-corrected chi connectivity index (χ2v) is 9.88. The molecule has 1 aliphatic heterocycles. The van der Waals surface area contributed by atoms with E-state index in [1.807, 2.05) is 41.3 Å². The van der Waals surface area contributed by atoms with E-state index in [2.05, 4.69) is 0 Å². The fourth-order valence-electron chi connectivity index (χ4n) is 3.78. The van der Waals surface area contributed by atoms with Crippen LogP contribution < -0.4 is 0 Å². The summed E-state index contributed by atoms with van der Waals surface area (Å²) in [5, 5.41) is 0.880. The lowest BCUT2D eigenvalue weighted by Gasteiger charge is -2.43. The van der Waals surface area contributed by atoms with Crippen LogP contribution in [-0.4, -0.2) is 38.6 Å². The third-order valence-corrected chi connectivity index (χ3v) is 6.62. The molecule has 29 heavy (non-hydrogen) atoms. The Morgan fingerprint density at radius 2 is 1.83 bits per heavy atom. The molecule has 1 saturated heterocycles. The number of halogens is 2. The van der Waals surface area contributed by atoms with Gasteiger partial charge in [0.05, 0.1) is 22.9 Å². The summed E-state index contributed by atoms with van der Waals surface area (Å²) in [5.74, 6) is 0.0774. The summed E-state index contributed by atoms with van der Waals surface area (Å²) in [6, 6.07) is 15.2. The number of likely N-dealkylation sites (tertiary alicyclic amines) is 1. The van der Waals surface area contributed by atoms with Gasteiger partial charge in [-0.05, 0) is 36.1 Å². The maximum atomic E-state index is 12.6. The van der Waals surface area contributed by atoms with E-state index in [0.717, 1.165) is 17.4 Å². The van der Waals surface area contributed by atoms with E-state index >= 15 is 0 Å². The zero-order chi connectivity index (χ0) is 21.1. The van der Waals surface area contributed by atoms with E-state index in [-0.39, 0.29) is 12.5 Å². The van der Waals surface area contributed by atoms with Gasteiger partial charge in [0, 0.05) is 24.9 Å². The van der Waals surface area contributed by atoms with E-state index in [1.54, 1.807) is 12.1 Å². The molecule has 1 amide bonds. The first-order valence-electron chi connectivity index (χ1n) is 9.30. The van der Waals surface area contributed by atoms with Gasteiger partial charge in [0.25, 0.3) is 10.1 Å². The molecule has 8 heteroatoms. The molecule has 1 heterocycles. The fourth-order valence-corrected chi connectivity index (χ4v) is 4.47. The zero-order valence-corrected chi connectivity index (χ0v) is 18.4. The highest BCUT2D eigenvalue weighted by atomic mass is 35.5. The molecular formula is C21H23Cl2NO4S. The number of benzene rings is 2. The Morgan fingerprint density at radius 1 is 1.10 bits per heavy atom. The minimum atomic E-state index is -3.55. The zero-order valence-electron chi connectivity index (χ0n) is 16.1. The molecule has 1 atom stereocenters. The van der Waals surface area contributed by atoms with E-state index in [4.69, 9.17) is 27.4 Å². The van der Waals surface area contributed by atoms with Gasteiger partial charge in [-0.1, -0.05) is 59.6 Å². The maximum Gasteiger partial charge on any atom is 0.264 e. The van der Waals surface area contributed by atoms with Crippen LogP contribution in [-0.2, 0) is 31.1 Å². The monoisotopic (exact) mass is 455 g/mol. The molecular weight excluding hydrogens is 433 g/mol. The predicted molar refractivity (Wildman–Crippen MR) is 115 cm³/mol. The normalized spacial score (nSPS) is 20.1. The first kappa shape index (κ1) is 22.1. The molecule has 0 bridgehead atoms. The molecule has 0 spiro atoms. The van der Waals surface area contributed by atoms with Crippen molar-refractivity contribution in [2.24, 2.45) is 0 Å². The summed E-state index contributed by atoms with van der Waals surface area (Å²) in [6.45, 7) is 0.980. The molecule has 0 N–H and O–H groups in total.